The third-order valence-corrected chi connectivity index (χ3v) is 6.32. The van der Waals surface area contributed by atoms with Gasteiger partial charge in [-0.3, -0.25) is 9.59 Å². The van der Waals surface area contributed by atoms with E-state index in [0.717, 1.165) is 11.1 Å². The molecule has 0 unspecified atom stereocenters. The monoisotopic (exact) mass is 522 g/mol. The van der Waals surface area contributed by atoms with Crippen molar-refractivity contribution in [3.8, 4) is 17.0 Å². The first-order valence-electron chi connectivity index (χ1n) is 11.7. The number of hydrogen-bond donors (Lipinski definition) is 1. The van der Waals surface area contributed by atoms with Gasteiger partial charge < -0.3 is 19.5 Å². The van der Waals surface area contributed by atoms with E-state index in [2.05, 4.69) is 15.2 Å². The topological polar surface area (TPSA) is 85.7 Å². The molecule has 8 nitrogen and oxygen atoms in total. The second-order valence-electron chi connectivity index (χ2n) is 8.91. The summed E-state index contributed by atoms with van der Waals surface area (Å²) >= 11 is 0. The number of rotatable bonds is 7. The van der Waals surface area contributed by atoms with Gasteiger partial charge in [0.05, 0.1) is 11.2 Å². The number of benzene rings is 1. The number of ether oxygens (including phenoxy) is 1. The molecule has 198 valence electrons. The lowest BCUT2D eigenvalue weighted by Gasteiger charge is -2.32. The highest BCUT2D eigenvalue weighted by Crippen LogP contribution is 2.36. The number of alkyl halides is 3. The highest BCUT2D eigenvalue weighted by atomic mass is 19.4. The molecule has 3 aromatic rings. The highest BCUT2D eigenvalue weighted by Gasteiger charge is 2.33. The van der Waals surface area contributed by atoms with E-state index in [0.29, 0.717) is 24.1 Å². The third kappa shape index (κ3) is 5.85. The number of nitrogens with one attached hydrogen (secondary N) is 1. The molecule has 2 amide bonds. The number of aryl methyl sites for hydroxylation is 2. The molecule has 1 aromatic carbocycles. The van der Waals surface area contributed by atoms with E-state index in [1.165, 1.54) is 9.47 Å². The first-order chi connectivity index (χ1) is 17.6. The van der Waals surface area contributed by atoms with Crippen molar-refractivity contribution in [2.75, 3.05) is 26.3 Å². The summed E-state index contributed by atoms with van der Waals surface area (Å²) in [5.41, 5.74) is 2.64. The smallest absolute Gasteiger partial charge is 0.422 e. The SMILES string of the molecule is Cc1cc2c(nc1-c1ccccc1)c(OCC(F)(F)F)c(C(=O)NC1CCN(C(=O)COF)CC1)n2C. The van der Waals surface area contributed by atoms with Crippen LogP contribution in [0.15, 0.2) is 36.4 Å². The van der Waals surface area contributed by atoms with Crippen molar-refractivity contribution in [1.82, 2.24) is 19.8 Å². The minimum absolute atomic E-state index is 0.0827. The normalized spacial score (nSPS) is 14.7. The molecule has 2 aromatic heterocycles. The van der Waals surface area contributed by atoms with Crippen molar-refractivity contribution in [2.24, 2.45) is 7.05 Å². The fourth-order valence-electron chi connectivity index (χ4n) is 4.51. The molecular formula is C25H26F4N4O4. The van der Waals surface area contributed by atoms with Gasteiger partial charge in [-0.25, -0.2) is 4.98 Å². The fraction of sp³-hybridized carbons (Fsp3) is 0.400. The number of likely N-dealkylation sites (tertiary alicyclic amines) is 1. The van der Waals surface area contributed by atoms with E-state index in [-0.39, 0.29) is 36.1 Å². The number of halogens is 4. The molecule has 0 saturated carbocycles. The molecular weight excluding hydrogens is 496 g/mol. The van der Waals surface area contributed by atoms with Gasteiger partial charge in [0, 0.05) is 31.7 Å². The number of pyridine rings is 1. The van der Waals surface area contributed by atoms with Crippen molar-refractivity contribution in [3.63, 3.8) is 0 Å². The molecule has 1 saturated heterocycles. The molecule has 0 aliphatic carbocycles. The van der Waals surface area contributed by atoms with Crippen LogP contribution in [0.25, 0.3) is 22.3 Å². The molecule has 1 aliphatic heterocycles. The zero-order valence-electron chi connectivity index (χ0n) is 20.3. The Balaban J connectivity index is 1.66. The van der Waals surface area contributed by atoms with Gasteiger partial charge in [-0.05, 0) is 35.9 Å². The number of aromatic nitrogens is 2. The van der Waals surface area contributed by atoms with Gasteiger partial charge in [-0.15, -0.1) is 0 Å². The summed E-state index contributed by atoms with van der Waals surface area (Å²) in [6.45, 7) is 0.131. The molecule has 0 spiro atoms. The minimum atomic E-state index is -4.62. The van der Waals surface area contributed by atoms with E-state index in [1.807, 2.05) is 37.3 Å². The molecule has 0 bridgehead atoms. The number of fused-ring (bicyclic) bond motifs is 1. The number of piperidine rings is 1. The Bertz CT molecular complexity index is 1290. The number of nitrogens with zero attached hydrogens (tertiary/aromatic N) is 3. The van der Waals surface area contributed by atoms with Crippen LogP contribution in [0.1, 0.15) is 28.9 Å². The van der Waals surface area contributed by atoms with Crippen LogP contribution in [0.2, 0.25) is 0 Å². The van der Waals surface area contributed by atoms with Crippen LogP contribution < -0.4 is 10.1 Å². The number of hydrogen-bond acceptors (Lipinski definition) is 5. The summed E-state index contributed by atoms with van der Waals surface area (Å²) in [7, 11) is 1.57. The second kappa shape index (κ2) is 10.8. The predicted molar refractivity (Wildman–Crippen MR) is 127 cm³/mol. The Morgan fingerprint density at radius 1 is 1.16 bits per heavy atom. The van der Waals surface area contributed by atoms with Crippen LogP contribution in [0.4, 0.5) is 17.7 Å². The lowest BCUT2D eigenvalue weighted by molar-refractivity contribution is -0.165. The van der Waals surface area contributed by atoms with Crippen LogP contribution in [0, 0.1) is 6.92 Å². The first kappa shape index (κ1) is 26.4. The summed E-state index contributed by atoms with van der Waals surface area (Å²) in [5, 5.41) is 2.83. The number of carbonyl (C=O) groups excluding carboxylic acids is 2. The van der Waals surface area contributed by atoms with Gasteiger partial charge >= 0.3 is 6.18 Å². The van der Waals surface area contributed by atoms with Crippen molar-refractivity contribution >= 4 is 22.8 Å². The van der Waals surface area contributed by atoms with E-state index < -0.39 is 31.2 Å². The lowest BCUT2D eigenvalue weighted by Crippen LogP contribution is -2.47. The standard InChI is InChI=1S/C25H26F4N4O4/c1-15-12-18-21(31-20(15)16-6-4-3-5-7-16)23(36-14-25(26,27)28)22(32(18)2)24(35)30-17-8-10-33(11-9-17)19(34)13-37-29/h3-7,12,17H,8-11,13-14H2,1-2H3,(H,30,35). The van der Waals surface area contributed by atoms with Crippen LogP contribution in [0.3, 0.4) is 0 Å². The van der Waals surface area contributed by atoms with Crippen molar-refractivity contribution < 1.29 is 37.0 Å². The largest absolute Gasteiger partial charge is 0.479 e. The maximum atomic E-state index is 13.3. The maximum Gasteiger partial charge on any atom is 0.422 e. The Hall–Kier alpha value is -3.67. The van der Waals surface area contributed by atoms with Gasteiger partial charge in [0.15, 0.2) is 24.7 Å². The van der Waals surface area contributed by atoms with E-state index in [9.17, 15) is 27.3 Å². The molecule has 12 heteroatoms. The predicted octanol–water partition coefficient (Wildman–Crippen LogP) is 4.11. The van der Waals surface area contributed by atoms with Crippen LogP contribution in [0.5, 0.6) is 5.75 Å². The van der Waals surface area contributed by atoms with Gasteiger partial charge in [0.1, 0.15) is 5.52 Å². The van der Waals surface area contributed by atoms with E-state index >= 15 is 0 Å². The van der Waals surface area contributed by atoms with Gasteiger partial charge in [0.2, 0.25) is 0 Å². The van der Waals surface area contributed by atoms with Crippen molar-refractivity contribution in [3.05, 3.63) is 47.7 Å². The fourth-order valence-corrected chi connectivity index (χ4v) is 4.51. The van der Waals surface area contributed by atoms with E-state index in [1.54, 1.807) is 13.1 Å². The van der Waals surface area contributed by atoms with Gasteiger partial charge in [-0.2, -0.15) is 18.1 Å². The summed E-state index contributed by atoms with van der Waals surface area (Å²) in [5.74, 6) is -1.37. The van der Waals surface area contributed by atoms with Gasteiger partial charge in [0.25, 0.3) is 11.8 Å². The van der Waals surface area contributed by atoms with E-state index in [4.69, 9.17) is 4.74 Å². The molecule has 37 heavy (non-hydrogen) atoms. The number of amides is 2. The lowest BCUT2D eigenvalue weighted by atomic mass is 10.0. The van der Waals surface area contributed by atoms with Crippen LogP contribution in [-0.2, 0) is 16.8 Å². The first-order valence-corrected chi connectivity index (χ1v) is 11.7. The highest BCUT2D eigenvalue weighted by molar-refractivity contribution is 6.03. The second-order valence-corrected chi connectivity index (χ2v) is 8.91. The Morgan fingerprint density at radius 3 is 2.46 bits per heavy atom. The zero-order valence-corrected chi connectivity index (χ0v) is 20.3. The third-order valence-electron chi connectivity index (χ3n) is 6.32. The maximum absolute atomic E-state index is 13.3. The van der Waals surface area contributed by atoms with Crippen LogP contribution in [-0.4, -0.2) is 64.8 Å². The average Bonchev–Trinajstić information content (AvgIpc) is 3.13. The summed E-state index contributed by atoms with van der Waals surface area (Å²) in [4.78, 5) is 34.6. The van der Waals surface area contributed by atoms with Crippen molar-refractivity contribution in [2.45, 2.75) is 32.0 Å². The molecule has 4 rings (SSSR count). The molecule has 0 radical (unpaired) electrons. The summed E-state index contributed by atoms with van der Waals surface area (Å²) in [6, 6.07) is 10.6. The summed E-state index contributed by atoms with van der Waals surface area (Å²) in [6.07, 6.45) is -3.84. The van der Waals surface area contributed by atoms with Gasteiger partial charge in [-0.1, -0.05) is 30.3 Å². The average molecular weight is 522 g/mol. The zero-order chi connectivity index (χ0) is 26.7. The molecule has 1 aliphatic rings. The van der Waals surface area contributed by atoms with Crippen molar-refractivity contribution in [1.29, 1.82) is 0 Å². The minimum Gasteiger partial charge on any atom is -0.479 e. The molecule has 3 heterocycles. The molecule has 1 fully saturated rings. The quantitative estimate of drug-likeness (QED) is 0.472. The van der Waals surface area contributed by atoms with Crippen LogP contribution >= 0.6 is 0 Å². The Labute approximate surface area is 210 Å². The Morgan fingerprint density at radius 2 is 1.84 bits per heavy atom. The molecule has 1 N–H and O–H groups in total. The summed E-state index contributed by atoms with van der Waals surface area (Å²) < 4.78 is 57.9. The molecule has 0 atom stereocenters. The Kier molecular flexibility index (Phi) is 7.67. The number of carbonyl (C=O) groups is 2.